The SMILES string of the molecule is CC(C)CN1CCO[C@H](CNC(=O)Nc2ccc(Cl)c(Cl)c2)C1. The Kier molecular flexibility index (Phi) is 6.96. The van der Waals surface area contributed by atoms with E-state index in [9.17, 15) is 4.79 Å². The molecule has 1 aliphatic heterocycles. The van der Waals surface area contributed by atoms with Crippen LogP contribution in [0.1, 0.15) is 13.8 Å². The highest BCUT2D eigenvalue weighted by Crippen LogP contribution is 2.24. The van der Waals surface area contributed by atoms with E-state index in [1.165, 1.54) is 0 Å². The lowest BCUT2D eigenvalue weighted by atomic mass is 10.2. The third-order valence-electron chi connectivity index (χ3n) is 3.51. The van der Waals surface area contributed by atoms with Crippen LogP contribution in [0.25, 0.3) is 0 Å². The minimum absolute atomic E-state index is 0.0158. The van der Waals surface area contributed by atoms with E-state index in [1.54, 1.807) is 18.2 Å². The molecule has 2 rings (SSSR count). The third-order valence-corrected chi connectivity index (χ3v) is 4.25. The van der Waals surface area contributed by atoms with E-state index in [-0.39, 0.29) is 12.1 Å². The summed E-state index contributed by atoms with van der Waals surface area (Å²) < 4.78 is 5.70. The molecule has 2 N–H and O–H groups in total. The summed E-state index contributed by atoms with van der Waals surface area (Å²) in [5, 5.41) is 6.43. The Balaban J connectivity index is 1.76. The molecule has 5 nitrogen and oxygen atoms in total. The van der Waals surface area contributed by atoms with Crippen molar-refractivity contribution >= 4 is 34.9 Å². The third kappa shape index (κ3) is 6.18. The quantitative estimate of drug-likeness (QED) is 0.846. The molecule has 1 aromatic rings. The Morgan fingerprint density at radius 1 is 1.39 bits per heavy atom. The second-order valence-corrected chi connectivity index (χ2v) is 6.92. The first-order valence-electron chi connectivity index (χ1n) is 7.78. The minimum Gasteiger partial charge on any atom is -0.374 e. The molecule has 7 heteroatoms. The molecule has 0 spiro atoms. The molecule has 1 heterocycles. The van der Waals surface area contributed by atoms with Crippen LogP contribution in [0.2, 0.25) is 10.0 Å². The Morgan fingerprint density at radius 3 is 2.87 bits per heavy atom. The summed E-state index contributed by atoms with van der Waals surface area (Å²) >= 11 is 11.8. The number of urea groups is 1. The maximum Gasteiger partial charge on any atom is 0.319 e. The van der Waals surface area contributed by atoms with Crippen LogP contribution in [-0.4, -0.2) is 49.8 Å². The van der Waals surface area contributed by atoms with Gasteiger partial charge < -0.3 is 15.4 Å². The molecule has 0 saturated carbocycles. The monoisotopic (exact) mass is 359 g/mol. The van der Waals surface area contributed by atoms with Crippen molar-refractivity contribution in [2.45, 2.75) is 20.0 Å². The molecule has 0 unspecified atom stereocenters. The van der Waals surface area contributed by atoms with Crippen molar-refractivity contribution in [3.63, 3.8) is 0 Å². The first kappa shape index (κ1) is 18.3. The van der Waals surface area contributed by atoms with E-state index in [4.69, 9.17) is 27.9 Å². The van der Waals surface area contributed by atoms with Gasteiger partial charge in [-0.3, -0.25) is 4.90 Å². The van der Waals surface area contributed by atoms with Crippen molar-refractivity contribution in [1.82, 2.24) is 10.2 Å². The second kappa shape index (κ2) is 8.73. The van der Waals surface area contributed by atoms with Crippen LogP contribution in [0.15, 0.2) is 18.2 Å². The van der Waals surface area contributed by atoms with Gasteiger partial charge in [0.1, 0.15) is 0 Å². The van der Waals surface area contributed by atoms with E-state index in [1.807, 2.05) is 0 Å². The molecule has 1 aromatic carbocycles. The molecule has 1 atom stereocenters. The number of nitrogens with zero attached hydrogens (tertiary/aromatic N) is 1. The molecule has 23 heavy (non-hydrogen) atoms. The van der Waals surface area contributed by atoms with Gasteiger partial charge in [-0.15, -0.1) is 0 Å². The summed E-state index contributed by atoms with van der Waals surface area (Å²) in [5.41, 5.74) is 0.600. The number of carbonyl (C=O) groups is 1. The van der Waals surface area contributed by atoms with E-state index < -0.39 is 0 Å². The van der Waals surface area contributed by atoms with Gasteiger partial charge in [0.2, 0.25) is 0 Å². The summed E-state index contributed by atoms with van der Waals surface area (Å²) in [6.45, 7) is 8.42. The normalized spacial score (nSPS) is 18.9. The molecule has 1 aliphatic rings. The van der Waals surface area contributed by atoms with Crippen LogP contribution < -0.4 is 10.6 Å². The summed E-state index contributed by atoms with van der Waals surface area (Å²) in [4.78, 5) is 14.3. The van der Waals surface area contributed by atoms with Gasteiger partial charge in [-0.25, -0.2) is 4.79 Å². The van der Waals surface area contributed by atoms with Crippen molar-refractivity contribution in [2.24, 2.45) is 5.92 Å². The zero-order chi connectivity index (χ0) is 16.8. The maximum atomic E-state index is 11.9. The van der Waals surface area contributed by atoms with Gasteiger partial charge in [0.15, 0.2) is 0 Å². The first-order chi connectivity index (χ1) is 10.9. The average Bonchev–Trinajstić information content (AvgIpc) is 2.49. The van der Waals surface area contributed by atoms with Crippen LogP contribution in [0.4, 0.5) is 10.5 Å². The number of benzene rings is 1. The Morgan fingerprint density at radius 2 is 2.17 bits per heavy atom. The molecular weight excluding hydrogens is 337 g/mol. The van der Waals surface area contributed by atoms with Gasteiger partial charge in [-0.2, -0.15) is 0 Å². The smallest absolute Gasteiger partial charge is 0.319 e. The van der Waals surface area contributed by atoms with Gasteiger partial charge in [0.05, 0.1) is 22.8 Å². The highest BCUT2D eigenvalue weighted by atomic mass is 35.5. The fraction of sp³-hybridized carbons (Fsp3) is 0.562. The van der Waals surface area contributed by atoms with Crippen LogP contribution in [0, 0.1) is 5.92 Å². The van der Waals surface area contributed by atoms with Crippen LogP contribution in [-0.2, 0) is 4.74 Å². The Hall–Kier alpha value is -1.01. The summed E-state index contributed by atoms with van der Waals surface area (Å²) in [6.07, 6.45) is 0.0158. The number of anilines is 1. The summed E-state index contributed by atoms with van der Waals surface area (Å²) in [7, 11) is 0. The Bertz CT molecular complexity index is 540. The van der Waals surface area contributed by atoms with E-state index >= 15 is 0 Å². The highest BCUT2D eigenvalue weighted by molar-refractivity contribution is 6.42. The molecule has 0 radical (unpaired) electrons. The number of hydrogen-bond acceptors (Lipinski definition) is 3. The lowest BCUT2D eigenvalue weighted by molar-refractivity contribution is -0.0288. The van der Waals surface area contributed by atoms with Crippen molar-refractivity contribution in [3.8, 4) is 0 Å². The van der Waals surface area contributed by atoms with Gasteiger partial charge >= 0.3 is 6.03 Å². The van der Waals surface area contributed by atoms with E-state index in [0.29, 0.717) is 34.8 Å². The van der Waals surface area contributed by atoms with Gasteiger partial charge in [-0.05, 0) is 24.1 Å². The molecule has 0 aromatic heterocycles. The molecule has 128 valence electrons. The number of halogens is 2. The predicted molar refractivity (Wildman–Crippen MR) is 94.5 cm³/mol. The van der Waals surface area contributed by atoms with Crippen molar-refractivity contribution in [1.29, 1.82) is 0 Å². The topological polar surface area (TPSA) is 53.6 Å². The Labute approximate surface area is 147 Å². The fourth-order valence-electron chi connectivity index (χ4n) is 2.54. The molecule has 1 saturated heterocycles. The molecule has 2 amide bonds. The number of carbonyl (C=O) groups excluding carboxylic acids is 1. The number of hydrogen-bond donors (Lipinski definition) is 2. The largest absolute Gasteiger partial charge is 0.374 e. The molecule has 0 aliphatic carbocycles. The summed E-state index contributed by atoms with van der Waals surface area (Å²) in [5.74, 6) is 0.625. The molecule has 1 fully saturated rings. The van der Waals surface area contributed by atoms with E-state index in [0.717, 1.165) is 19.6 Å². The van der Waals surface area contributed by atoms with Gasteiger partial charge in [0.25, 0.3) is 0 Å². The van der Waals surface area contributed by atoms with Gasteiger partial charge in [0, 0.05) is 31.9 Å². The second-order valence-electron chi connectivity index (χ2n) is 6.11. The van der Waals surface area contributed by atoms with Crippen LogP contribution >= 0.6 is 23.2 Å². The van der Waals surface area contributed by atoms with Crippen LogP contribution in [0.5, 0.6) is 0 Å². The standard InChI is InChI=1S/C16H23Cl2N3O2/c1-11(2)9-21-5-6-23-13(10-21)8-19-16(22)20-12-3-4-14(17)15(18)7-12/h3-4,7,11,13H,5-6,8-10H2,1-2H3,(H2,19,20,22)/t13-/m1/s1. The number of amides is 2. The molecular formula is C16H23Cl2N3O2. The zero-order valence-electron chi connectivity index (χ0n) is 13.4. The predicted octanol–water partition coefficient (Wildman–Crippen LogP) is 3.47. The van der Waals surface area contributed by atoms with Crippen molar-refractivity contribution < 1.29 is 9.53 Å². The minimum atomic E-state index is -0.284. The highest BCUT2D eigenvalue weighted by Gasteiger charge is 2.21. The number of nitrogens with one attached hydrogen (secondary N) is 2. The van der Waals surface area contributed by atoms with Crippen molar-refractivity contribution in [2.75, 3.05) is 38.1 Å². The van der Waals surface area contributed by atoms with Crippen molar-refractivity contribution in [3.05, 3.63) is 28.2 Å². The maximum absolute atomic E-state index is 11.9. The number of ether oxygens (including phenoxy) is 1. The summed E-state index contributed by atoms with van der Waals surface area (Å²) in [6, 6.07) is 4.68. The number of morpholine rings is 1. The van der Waals surface area contributed by atoms with E-state index in [2.05, 4.69) is 29.4 Å². The first-order valence-corrected chi connectivity index (χ1v) is 8.53. The van der Waals surface area contributed by atoms with Gasteiger partial charge in [-0.1, -0.05) is 37.0 Å². The van der Waals surface area contributed by atoms with Crippen LogP contribution in [0.3, 0.4) is 0 Å². The lowest BCUT2D eigenvalue weighted by Crippen LogP contribution is -2.48. The average molecular weight is 360 g/mol. The lowest BCUT2D eigenvalue weighted by Gasteiger charge is -2.33. The number of rotatable bonds is 5. The zero-order valence-corrected chi connectivity index (χ0v) is 15.0. The molecule has 0 bridgehead atoms. The fourth-order valence-corrected chi connectivity index (χ4v) is 2.84.